The number of fused-ring (bicyclic) bond motifs is 3. The van der Waals surface area contributed by atoms with Crippen molar-refractivity contribution < 1.29 is 35.5 Å². The van der Waals surface area contributed by atoms with Gasteiger partial charge in [0.25, 0.3) is 0 Å². The molecule has 0 saturated carbocycles. The van der Waals surface area contributed by atoms with Crippen molar-refractivity contribution in [3.8, 4) is 11.5 Å². The van der Waals surface area contributed by atoms with Gasteiger partial charge in [-0.3, -0.25) is 9.69 Å². The van der Waals surface area contributed by atoms with Crippen molar-refractivity contribution >= 4 is 5.97 Å². The number of carbonyl (C=O) groups excluding carboxylic acids is 1. The molecule has 2 N–H and O–H groups in total. The number of nitrogens with two attached hydrogens (primary N) is 1. The Morgan fingerprint density at radius 1 is 1.37 bits per heavy atom. The predicted octanol–water partition coefficient (Wildman–Crippen LogP) is 3.56. The number of esters is 1. The summed E-state index contributed by atoms with van der Waals surface area (Å²) in [5, 5.41) is 0. The number of carbonyl (C=O) groups is 1. The second-order valence-corrected chi connectivity index (χ2v) is 8.24. The van der Waals surface area contributed by atoms with E-state index in [0.29, 0.717) is 24.9 Å². The van der Waals surface area contributed by atoms with Crippen molar-refractivity contribution in [2.75, 3.05) is 27.2 Å². The average Bonchev–Trinajstić information content (AvgIpc) is 2.80. The van der Waals surface area contributed by atoms with Crippen molar-refractivity contribution in [3.63, 3.8) is 0 Å². The smallest absolute Gasteiger partial charge is 0.323 e. The van der Waals surface area contributed by atoms with Crippen LogP contribution in [0.3, 0.4) is 0 Å². The Kier molecular flexibility index (Phi) is 3.74. The molecule has 1 saturated heterocycles. The minimum absolute atomic E-state index is 0.0363. The van der Waals surface area contributed by atoms with Gasteiger partial charge in [0, 0.05) is 41.1 Å². The van der Waals surface area contributed by atoms with Crippen molar-refractivity contribution in [3.05, 3.63) is 23.3 Å². The van der Waals surface area contributed by atoms with E-state index in [-0.39, 0.29) is 30.4 Å². The number of nitrogens with zero attached hydrogens (tertiary/aromatic N) is 1. The largest absolute Gasteiger partial charge is 0.493 e. The van der Waals surface area contributed by atoms with E-state index in [9.17, 15) is 6.17 Å². The molecule has 0 aromatic heterocycles. The zero-order chi connectivity index (χ0) is 32.3. The summed E-state index contributed by atoms with van der Waals surface area (Å²) in [5.74, 6) is -6.01. The second-order valence-electron chi connectivity index (χ2n) is 8.24. The van der Waals surface area contributed by atoms with Gasteiger partial charge in [-0.15, -0.1) is 0 Å². The molecule has 1 aromatic rings. The highest BCUT2D eigenvalue weighted by Gasteiger charge is 2.41. The van der Waals surface area contributed by atoms with Gasteiger partial charge in [0.1, 0.15) is 12.1 Å². The highest BCUT2D eigenvalue weighted by Crippen LogP contribution is 2.44. The molecule has 6 heteroatoms. The summed E-state index contributed by atoms with van der Waals surface area (Å²) in [7, 11) is -1.40. The zero-order valence-corrected chi connectivity index (χ0v) is 17.6. The maximum absolute atomic E-state index is 13.4. The van der Waals surface area contributed by atoms with E-state index in [4.69, 9.17) is 35.0 Å². The number of benzene rings is 1. The zero-order valence-electron chi connectivity index (χ0n) is 29.6. The highest BCUT2D eigenvalue weighted by atomic mass is 16.5. The number of hydrogen-bond donors (Lipinski definition) is 1. The minimum atomic E-state index is -3.76. The number of piperidine rings is 1. The molecule has 2 aliphatic rings. The SMILES string of the molecule is [2H]C([2H])([2H])Oc1cc2c(cc1OC)CCN1CC(CC(C)C)C([2H])(OC(=O)[C@@]([2H])(N)C([2H])(C([2H])([2H])[2H])C([2H])([2H])[2H])CC21. The molecule has 1 aromatic carbocycles. The Labute approximate surface area is 197 Å². The molecular formula is C24H38N2O4. The molecule has 30 heavy (non-hydrogen) atoms. The quantitative estimate of drug-likeness (QED) is 0.667. The average molecular weight is 431 g/mol. The number of rotatable bonds is 7. The van der Waals surface area contributed by atoms with Gasteiger partial charge in [-0.05, 0) is 47.9 Å². The molecule has 0 aliphatic carbocycles. The molecule has 168 valence electrons. The van der Waals surface area contributed by atoms with Crippen LogP contribution in [0, 0.1) is 17.7 Å². The third kappa shape index (κ3) is 4.75. The van der Waals surface area contributed by atoms with Gasteiger partial charge in [0.15, 0.2) is 11.5 Å². The number of methoxy groups -OCH3 is 2. The summed E-state index contributed by atoms with van der Waals surface area (Å²) >= 11 is 0. The maximum atomic E-state index is 13.4. The van der Waals surface area contributed by atoms with Crippen molar-refractivity contribution in [2.24, 2.45) is 23.5 Å². The van der Waals surface area contributed by atoms with E-state index in [1.165, 1.54) is 13.2 Å². The molecular weight excluding hydrogens is 380 g/mol. The van der Waals surface area contributed by atoms with Crippen LogP contribution < -0.4 is 15.2 Å². The molecule has 4 atom stereocenters. The standard InChI is InChI=1S/C24H38N2O4/c1-14(2)9-17-13-26-8-7-16-10-21(28-5)22(29-6)11-18(16)19(26)12-20(17)30-24(27)23(25)15(3)4/h10-11,14-15,17,19-20,23H,7-9,12-13,25H2,1-6H3/t17?,19?,20?,23-/m0/s1/i3D3,4D3,6D3,15D,20D,23D. The minimum Gasteiger partial charge on any atom is -0.493 e. The van der Waals surface area contributed by atoms with Gasteiger partial charge in [0.2, 0.25) is 0 Å². The van der Waals surface area contributed by atoms with E-state index < -0.39 is 56.7 Å². The highest BCUT2D eigenvalue weighted by molar-refractivity contribution is 5.76. The molecule has 3 unspecified atom stereocenters. The monoisotopic (exact) mass is 430 g/mol. The molecule has 3 rings (SSSR count). The van der Waals surface area contributed by atoms with Crippen LogP contribution in [-0.2, 0) is 16.0 Å². The van der Waals surface area contributed by atoms with Gasteiger partial charge in [-0.1, -0.05) is 27.6 Å². The lowest BCUT2D eigenvalue weighted by atomic mass is 9.79. The molecule has 2 aliphatic heterocycles. The van der Waals surface area contributed by atoms with E-state index in [2.05, 4.69) is 4.90 Å². The topological polar surface area (TPSA) is 74.0 Å². The summed E-state index contributed by atoms with van der Waals surface area (Å²) in [6.45, 7) is -2.73. The van der Waals surface area contributed by atoms with Crippen LogP contribution in [0.5, 0.6) is 11.5 Å². The van der Waals surface area contributed by atoms with Crippen LogP contribution >= 0.6 is 0 Å². The lowest BCUT2D eigenvalue weighted by molar-refractivity contribution is -0.160. The van der Waals surface area contributed by atoms with Crippen molar-refractivity contribution in [2.45, 2.75) is 65.0 Å². The summed E-state index contributed by atoms with van der Waals surface area (Å²) in [4.78, 5) is 15.5. The molecule has 2 heterocycles. The molecule has 0 spiro atoms. The maximum Gasteiger partial charge on any atom is 0.323 e. The molecule has 0 bridgehead atoms. The Bertz CT molecular complexity index is 1150. The van der Waals surface area contributed by atoms with Gasteiger partial charge >= 0.3 is 5.97 Å². The Morgan fingerprint density at radius 2 is 2.13 bits per heavy atom. The summed E-state index contributed by atoms with van der Waals surface area (Å²) in [6, 6.07) is -1.01. The summed E-state index contributed by atoms with van der Waals surface area (Å²) in [5.41, 5.74) is 7.17. The lowest BCUT2D eigenvalue weighted by Gasteiger charge is -2.47. The fourth-order valence-electron chi connectivity index (χ4n) is 4.38. The van der Waals surface area contributed by atoms with Gasteiger partial charge in [-0.2, -0.15) is 0 Å². The first-order valence-corrected chi connectivity index (χ1v) is 10.0. The summed E-state index contributed by atoms with van der Waals surface area (Å²) < 4.78 is 111. The third-order valence-electron chi connectivity index (χ3n) is 5.78. The van der Waals surface area contributed by atoms with Crippen LogP contribution in [0.25, 0.3) is 0 Å². The van der Waals surface area contributed by atoms with Gasteiger partial charge < -0.3 is 19.9 Å². The van der Waals surface area contributed by atoms with E-state index >= 15 is 0 Å². The molecule has 1 fully saturated rings. The third-order valence-corrected chi connectivity index (χ3v) is 5.78. The first-order chi connectivity index (χ1) is 18.9. The summed E-state index contributed by atoms with van der Waals surface area (Å²) in [6.07, 6.45) is -1.32. The molecule has 0 amide bonds. The van der Waals surface area contributed by atoms with E-state index in [0.717, 1.165) is 5.56 Å². The van der Waals surface area contributed by atoms with Gasteiger partial charge in [0.05, 0.1) is 21.0 Å². The predicted molar refractivity (Wildman–Crippen MR) is 118 cm³/mol. The van der Waals surface area contributed by atoms with Crippen LogP contribution in [0.15, 0.2) is 12.1 Å². The fourth-order valence-corrected chi connectivity index (χ4v) is 4.38. The van der Waals surface area contributed by atoms with E-state index in [1.54, 1.807) is 6.07 Å². The Morgan fingerprint density at radius 3 is 2.80 bits per heavy atom. The number of ether oxygens (including phenoxy) is 3. The van der Waals surface area contributed by atoms with Crippen molar-refractivity contribution in [1.82, 2.24) is 4.90 Å². The molecule has 0 radical (unpaired) electrons. The van der Waals surface area contributed by atoms with E-state index in [1.807, 2.05) is 13.8 Å². The van der Waals surface area contributed by atoms with Crippen LogP contribution in [0.2, 0.25) is 0 Å². The first-order valence-electron chi connectivity index (χ1n) is 16.0. The molecule has 6 nitrogen and oxygen atoms in total. The first kappa shape index (κ1) is 11.7. The lowest BCUT2D eigenvalue weighted by Crippen LogP contribution is -2.51. The Hall–Kier alpha value is -1.79. The van der Waals surface area contributed by atoms with Crippen LogP contribution in [0.1, 0.15) is 74.0 Å². The van der Waals surface area contributed by atoms with Crippen LogP contribution in [0.4, 0.5) is 0 Å². The normalized spacial score (nSPS) is 35.9. The van der Waals surface area contributed by atoms with Gasteiger partial charge in [-0.25, -0.2) is 0 Å². The van der Waals surface area contributed by atoms with Crippen LogP contribution in [-0.4, -0.2) is 50.2 Å². The fraction of sp³-hybridized carbons (Fsp3) is 0.708. The number of hydrogen-bond acceptors (Lipinski definition) is 6. The van der Waals surface area contributed by atoms with Crippen molar-refractivity contribution in [1.29, 1.82) is 0 Å². The second kappa shape index (κ2) is 9.56. The Balaban J connectivity index is 2.07.